The summed E-state index contributed by atoms with van der Waals surface area (Å²) in [6.45, 7) is 8.69. The quantitative estimate of drug-likeness (QED) is 0.778. The van der Waals surface area contributed by atoms with Gasteiger partial charge in [-0.3, -0.25) is 0 Å². The molecule has 0 aliphatic heterocycles. The van der Waals surface area contributed by atoms with Gasteiger partial charge in [-0.2, -0.15) is 0 Å². The van der Waals surface area contributed by atoms with E-state index in [0.717, 1.165) is 5.01 Å². The standard InChI is InChI=1S/C12H19NO3S/c1-6-16-10(14)9-8(7-15-5)13-11(17-9)12(2,3)4/h6-7H2,1-5H3. The number of hydrogen-bond acceptors (Lipinski definition) is 5. The molecule has 1 aromatic rings. The predicted octanol–water partition coefficient (Wildman–Crippen LogP) is 2.76. The van der Waals surface area contributed by atoms with Gasteiger partial charge in [0.1, 0.15) is 4.88 Å². The van der Waals surface area contributed by atoms with Crippen molar-refractivity contribution in [3.05, 3.63) is 15.6 Å². The highest BCUT2D eigenvalue weighted by Crippen LogP contribution is 2.30. The Morgan fingerprint density at radius 2 is 2.06 bits per heavy atom. The van der Waals surface area contributed by atoms with Gasteiger partial charge in [-0.1, -0.05) is 20.8 Å². The monoisotopic (exact) mass is 257 g/mol. The highest BCUT2D eigenvalue weighted by molar-refractivity contribution is 7.13. The summed E-state index contributed by atoms with van der Waals surface area (Å²) < 4.78 is 10.1. The topological polar surface area (TPSA) is 48.4 Å². The summed E-state index contributed by atoms with van der Waals surface area (Å²) in [5.74, 6) is -0.312. The molecule has 1 aromatic heterocycles. The number of thiazole rings is 1. The van der Waals surface area contributed by atoms with E-state index in [1.165, 1.54) is 11.3 Å². The van der Waals surface area contributed by atoms with Crippen LogP contribution < -0.4 is 0 Å². The molecule has 5 heteroatoms. The molecule has 0 aliphatic rings. The molecule has 0 aliphatic carbocycles. The zero-order chi connectivity index (χ0) is 13.1. The molecule has 0 unspecified atom stereocenters. The third-order valence-corrected chi connectivity index (χ3v) is 3.58. The van der Waals surface area contributed by atoms with Crippen LogP contribution in [0.2, 0.25) is 0 Å². The van der Waals surface area contributed by atoms with Crippen LogP contribution in [0, 0.1) is 0 Å². The summed E-state index contributed by atoms with van der Waals surface area (Å²) in [6, 6.07) is 0. The Kier molecular flexibility index (Phi) is 4.65. The van der Waals surface area contributed by atoms with Crippen LogP contribution in [0.25, 0.3) is 0 Å². The molecule has 0 aromatic carbocycles. The minimum absolute atomic E-state index is 0.0715. The van der Waals surface area contributed by atoms with Crippen molar-refractivity contribution >= 4 is 17.3 Å². The van der Waals surface area contributed by atoms with E-state index in [1.54, 1.807) is 14.0 Å². The molecule has 1 heterocycles. The van der Waals surface area contributed by atoms with E-state index in [2.05, 4.69) is 25.8 Å². The van der Waals surface area contributed by atoms with Gasteiger partial charge in [0.05, 0.1) is 23.9 Å². The van der Waals surface area contributed by atoms with Gasteiger partial charge in [0.2, 0.25) is 0 Å². The molecule has 17 heavy (non-hydrogen) atoms. The Morgan fingerprint density at radius 1 is 1.41 bits per heavy atom. The predicted molar refractivity (Wildman–Crippen MR) is 67.5 cm³/mol. The first-order chi connectivity index (χ1) is 7.90. The largest absolute Gasteiger partial charge is 0.462 e. The number of esters is 1. The average molecular weight is 257 g/mol. The molecule has 0 spiro atoms. The van der Waals surface area contributed by atoms with Crippen molar-refractivity contribution in [2.24, 2.45) is 0 Å². The van der Waals surface area contributed by atoms with Gasteiger partial charge in [0.15, 0.2) is 0 Å². The van der Waals surface area contributed by atoms with E-state index in [9.17, 15) is 4.79 Å². The number of aromatic nitrogens is 1. The molecule has 0 saturated carbocycles. The van der Waals surface area contributed by atoms with Crippen molar-refractivity contribution in [2.45, 2.75) is 39.7 Å². The van der Waals surface area contributed by atoms with Crippen LogP contribution in [-0.4, -0.2) is 24.7 Å². The summed E-state index contributed by atoms with van der Waals surface area (Å²) in [5.41, 5.74) is 0.596. The lowest BCUT2D eigenvalue weighted by atomic mass is 9.98. The molecule has 4 nitrogen and oxygen atoms in total. The Morgan fingerprint density at radius 3 is 2.53 bits per heavy atom. The van der Waals surface area contributed by atoms with E-state index in [1.807, 2.05) is 0 Å². The lowest BCUT2D eigenvalue weighted by molar-refractivity contribution is 0.0527. The lowest BCUT2D eigenvalue weighted by Crippen LogP contribution is -2.10. The first-order valence-corrected chi connectivity index (χ1v) is 6.38. The molecule has 0 radical (unpaired) electrons. The second kappa shape index (κ2) is 5.60. The maximum absolute atomic E-state index is 11.8. The highest BCUT2D eigenvalue weighted by atomic mass is 32.1. The lowest BCUT2D eigenvalue weighted by Gasteiger charge is -2.13. The number of carbonyl (C=O) groups excluding carboxylic acids is 1. The van der Waals surface area contributed by atoms with E-state index in [0.29, 0.717) is 23.8 Å². The van der Waals surface area contributed by atoms with Crippen molar-refractivity contribution in [1.29, 1.82) is 0 Å². The normalized spacial score (nSPS) is 11.6. The molecular formula is C12H19NO3S. The minimum Gasteiger partial charge on any atom is -0.462 e. The van der Waals surface area contributed by atoms with Crippen molar-refractivity contribution in [3.8, 4) is 0 Å². The van der Waals surface area contributed by atoms with Crippen LogP contribution in [0.3, 0.4) is 0 Å². The summed E-state index contributed by atoms with van der Waals surface area (Å²) in [4.78, 5) is 16.8. The smallest absolute Gasteiger partial charge is 0.350 e. The number of nitrogens with zero attached hydrogens (tertiary/aromatic N) is 1. The molecular weight excluding hydrogens is 238 g/mol. The number of carbonyl (C=O) groups is 1. The van der Waals surface area contributed by atoms with E-state index in [-0.39, 0.29) is 11.4 Å². The van der Waals surface area contributed by atoms with Gasteiger partial charge >= 0.3 is 5.97 Å². The van der Waals surface area contributed by atoms with Crippen molar-refractivity contribution in [2.75, 3.05) is 13.7 Å². The second-order valence-corrected chi connectivity index (χ2v) is 5.70. The fourth-order valence-electron chi connectivity index (χ4n) is 1.26. The summed E-state index contributed by atoms with van der Waals surface area (Å²) in [6.07, 6.45) is 0. The third-order valence-electron chi connectivity index (χ3n) is 2.08. The van der Waals surface area contributed by atoms with Crippen LogP contribution in [0.15, 0.2) is 0 Å². The molecule has 96 valence electrons. The van der Waals surface area contributed by atoms with Gasteiger partial charge in [-0.15, -0.1) is 11.3 Å². The molecule has 0 saturated heterocycles. The first-order valence-electron chi connectivity index (χ1n) is 5.56. The van der Waals surface area contributed by atoms with Crippen molar-refractivity contribution in [3.63, 3.8) is 0 Å². The fraction of sp³-hybridized carbons (Fsp3) is 0.667. The summed E-state index contributed by atoms with van der Waals surface area (Å²) in [7, 11) is 1.59. The van der Waals surface area contributed by atoms with Gasteiger partial charge in [-0.25, -0.2) is 9.78 Å². The summed E-state index contributed by atoms with van der Waals surface area (Å²) in [5, 5.41) is 0.924. The highest BCUT2D eigenvalue weighted by Gasteiger charge is 2.25. The van der Waals surface area contributed by atoms with Crippen LogP contribution in [-0.2, 0) is 21.5 Å². The summed E-state index contributed by atoms with van der Waals surface area (Å²) >= 11 is 1.39. The van der Waals surface area contributed by atoms with Gasteiger partial charge in [0.25, 0.3) is 0 Å². The van der Waals surface area contributed by atoms with Crippen LogP contribution in [0.4, 0.5) is 0 Å². The van der Waals surface area contributed by atoms with Crippen LogP contribution in [0.1, 0.15) is 48.1 Å². The Hall–Kier alpha value is -0.940. The van der Waals surface area contributed by atoms with Crippen molar-refractivity contribution < 1.29 is 14.3 Å². The minimum atomic E-state index is -0.312. The fourth-order valence-corrected chi connectivity index (χ4v) is 2.28. The average Bonchev–Trinajstić information content (AvgIpc) is 2.62. The number of ether oxygens (including phenoxy) is 2. The zero-order valence-electron chi connectivity index (χ0n) is 11.0. The number of methoxy groups -OCH3 is 1. The van der Waals surface area contributed by atoms with Gasteiger partial charge < -0.3 is 9.47 Å². The molecule has 0 amide bonds. The SMILES string of the molecule is CCOC(=O)c1sc(C(C)(C)C)nc1COC. The van der Waals surface area contributed by atoms with E-state index >= 15 is 0 Å². The van der Waals surface area contributed by atoms with E-state index < -0.39 is 0 Å². The zero-order valence-corrected chi connectivity index (χ0v) is 11.8. The first kappa shape index (κ1) is 14.1. The number of hydrogen-bond donors (Lipinski definition) is 0. The maximum atomic E-state index is 11.8. The van der Waals surface area contributed by atoms with Gasteiger partial charge in [0, 0.05) is 12.5 Å². The molecule has 0 atom stereocenters. The Labute approximate surface area is 106 Å². The van der Waals surface area contributed by atoms with Crippen LogP contribution >= 0.6 is 11.3 Å². The van der Waals surface area contributed by atoms with Crippen LogP contribution in [0.5, 0.6) is 0 Å². The third kappa shape index (κ3) is 3.51. The molecule has 0 bridgehead atoms. The van der Waals surface area contributed by atoms with E-state index in [4.69, 9.17) is 9.47 Å². The number of rotatable bonds is 4. The Balaban J connectivity index is 3.09. The molecule has 0 fully saturated rings. The van der Waals surface area contributed by atoms with Gasteiger partial charge in [-0.05, 0) is 6.92 Å². The second-order valence-electron chi connectivity index (χ2n) is 4.70. The maximum Gasteiger partial charge on any atom is 0.350 e. The molecule has 0 N–H and O–H groups in total. The Bertz CT molecular complexity index is 393. The van der Waals surface area contributed by atoms with Crippen molar-refractivity contribution in [1.82, 2.24) is 4.98 Å². The molecule has 1 rings (SSSR count).